The normalized spacial score (nSPS) is 14.7. The first-order valence-electron chi connectivity index (χ1n) is 12.5. The number of anilines is 2. The number of nitrogens with zero attached hydrogens (tertiary/aromatic N) is 3. The molecule has 2 N–H and O–H groups in total. The molecular formula is C29H27BrFN5O2. The van der Waals surface area contributed by atoms with E-state index in [2.05, 4.69) is 66.3 Å². The molecule has 0 unspecified atom stereocenters. The topological polar surface area (TPSA) is 75.3 Å². The van der Waals surface area contributed by atoms with Crippen LogP contribution in [0.5, 0.6) is 17.4 Å². The van der Waals surface area contributed by atoms with Crippen LogP contribution < -0.4 is 14.8 Å². The molecule has 1 aliphatic heterocycles. The van der Waals surface area contributed by atoms with E-state index in [1.807, 2.05) is 18.2 Å². The number of methoxy groups -OCH3 is 1. The number of likely N-dealkylation sites (tertiary alicyclic amines) is 1. The zero-order chi connectivity index (χ0) is 26.2. The number of aromatic nitrogens is 3. The fourth-order valence-corrected chi connectivity index (χ4v) is 5.49. The van der Waals surface area contributed by atoms with Gasteiger partial charge in [0.2, 0.25) is 5.88 Å². The Morgan fingerprint density at radius 2 is 1.84 bits per heavy atom. The number of piperidine rings is 1. The highest BCUT2D eigenvalue weighted by molar-refractivity contribution is 9.10. The summed E-state index contributed by atoms with van der Waals surface area (Å²) < 4.78 is 27.5. The number of halogens is 2. The summed E-state index contributed by atoms with van der Waals surface area (Å²) in [5, 5.41) is 4.95. The number of fused-ring (bicyclic) bond motifs is 2. The lowest BCUT2D eigenvalue weighted by Gasteiger charge is -2.29. The lowest BCUT2D eigenvalue weighted by molar-refractivity contribution is 0.253. The summed E-state index contributed by atoms with van der Waals surface area (Å²) in [4.78, 5) is 14.7. The van der Waals surface area contributed by atoms with Gasteiger partial charge in [-0.3, -0.25) is 0 Å². The first kappa shape index (κ1) is 24.6. The van der Waals surface area contributed by atoms with Gasteiger partial charge in [0.25, 0.3) is 0 Å². The minimum Gasteiger partial charge on any atom is -0.493 e. The van der Waals surface area contributed by atoms with Gasteiger partial charge in [0, 0.05) is 32.4 Å². The van der Waals surface area contributed by atoms with Crippen molar-refractivity contribution in [1.82, 2.24) is 19.9 Å². The fourth-order valence-electron chi connectivity index (χ4n) is 5.15. The Labute approximate surface area is 228 Å². The highest BCUT2D eigenvalue weighted by atomic mass is 79.9. The lowest BCUT2D eigenvalue weighted by atomic mass is 9.89. The molecule has 6 rings (SSSR count). The zero-order valence-electron chi connectivity index (χ0n) is 21.1. The maximum Gasteiger partial charge on any atom is 0.202 e. The standard InChI is InChI=1S/C29H27BrFN5O2/c1-36-11-9-17(10-12-36)27-19-5-3-4-6-22(19)35-29(27)38-26-15-24-20(14-25(26)37-2)28(33-16-32-24)34-23-8-7-18(30)13-21(23)31/h3-8,13-17,35H,9-12H2,1-2H3,(H,32,33,34). The van der Waals surface area contributed by atoms with E-state index < -0.39 is 5.82 Å². The second kappa shape index (κ2) is 10.2. The molecular weight excluding hydrogens is 549 g/mol. The van der Waals surface area contributed by atoms with Gasteiger partial charge in [0.1, 0.15) is 18.0 Å². The molecule has 9 heteroatoms. The molecule has 194 valence electrons. The van der Waals surface area contributed by atoms with Crippen LogP contribution in [0.25, 0.3) is 21.8 Å². The van der Waals surface area contributed by atoms with E-state index in [-0.39, 0.29) is 0 Å². The van der Waals surface area contributed by atoms with Crippen LogP contribution in [0, 0.1) is 5.82 Å². The molecule has 5 aromatic rings. The minimum absolute atomic E-state index is 0.313. The first-order valence-corrected chi connectivity index (χ1v) is 13.3. The number of rotatable bonds is 6. The third-order valence-electron chi connectivity index (χ3n) is 7.15. The summed E-state index contributed by atoms with van der Waals surface area (Å²) in [5.74, 6) is 2.27. The van der Waals surface area contributed by atoms with Crippen LogP contribution in [-0.4, -0.2) is 47.1 Å². The Morgan fingerprint density at radius 1 is 1.03 bits per heavy atom. The molecule has 0 bridgehead atoms. The van der Waals surface area contributed by atoms with Crippen molar-refractivity contribution in [3.05, 3.63) is 76.8 Å². The van der Waals surface area contributed by atoms with E-state index in [4.69, 9.17) is 9.47 Å². The van der Waals surface area contributed by atoms with Gasteiger partial charge in [-0.05, 0) is 69.2 Å². The maximum atomic E-state index is 14.5. The number of nitrogens with one attached hydrogen (secondary N) is 2. The van der Waals surface area contributed by atoms with Gasteiger partial charge in [-0.15, -0.1) is 0 Å². The van der Waals surface area contributed by atoms with Gasteiger partial charge in [-0.25, -0.2) is 14.4 Å². The number of ether oxygens (including phenoxy) is 2. The van der Waals surface area contributed by atoms with Crippen molar-refractivity contribution in [3.8, 4) is 17.4 Å². The van der Waals surface area contributed by atoms with Gasteiger partial charge >= 0.3 is 0 Å². The molecule has 0 radical (unpaired) electrons. The van der Waals surface area contributed by atoms with E-state index in [1.165, 1.54) is 23.3 Å². The molecule has 3 heterocycles. The Balaban J connectivity index is 1.40. The molecule has 0 atom stereocenters. The number of hydrogen-bond acceptors (Lipinski definition) is 6. The Morgan fingerprint density at radius 3 is 2.63 bits per heavy atom. The third kappa shape index (κ3) is 4.68. The first-order chi connectivity index (χ1) is 18.5. The van der Waals surface area contributed by atoms with Crippen LogP contribution >= 0.6 is 15.9 Å². The van der Waals surface area contributed by atoms with Crippen molar-refractivity contribution in [2.75, 3.05) is 32.6 Å². The monoisotopic (exact) mass is 575 g/mol. The molecule has 2 aromatic heterocycles. The summed E-state index contributed by atoms with van der Waals surface area (Å²) in [6, 6.07) is 16.8. The molecule has 0 spiro atoms. The van der Waals surface area contributed by atoms with Crippen LogP contribution in [-0.2, 0) is 0 Å². The Bertz CT molecular complexity index is 1630. The zero-order valence-corrected chi connectivity index (χ0v) is 22.7. The fraction of sp³-hybridized carbons (Fsp3) is 0.241. The molecule has 0 amide bonds. The van der Waals surface area contributed by atoms with Crippen LogP contribution in [0.3, 0.4) is 0 Å². The number of aromatic amines is 1. The van der Waals surface area contributed by atoms with Crippen molar-refractivity contribution in [1.29, 1.82) is 0 Å². The number of para-hydroxylation sites is 1. The second-order valence-electron chi connectivity index (χ2n) is 9.58. The van der Waals surface area contributed by atoms with Gasteiger partial charge in [-0.1, -0.05) is 34.1 Å². The van der Waals surface area contributed by atoms with Crippen molar-refractivity contribution in [2.24, 2.45) is 0 Å². The van der Waals surface area contributed by atoms with Crippen LogP contribution in [0.1, 0.15) is 24.3 Å². The predicted octanol–water partition coefficient (Wildman–Crippen LogP) is 7.37. The van der Waals surface area contributed by atoms with Crippen LogP contribution in [0.2, 0.25) is 0 Å². The highest BCUT2D eigenvalue weighted by Gasteiger charge is 2.26. The lowest BCUT2D eigenvalue weighted by Crippen LogP contribution is -2.29. The van der Waals surface area contributed by atoms with Crippen LogP contribution in [0.4, 0.5) is 15.9 Å². The van der Waals surface area contributed by atoms with Crippen molar-refractivity contribution in [3.63, 3.8) is 0 Å². The molecule has 0 aliphatic carbocycles. The summed E-state index contributed by atoms with van der Waals surface area (Å²) in [5.41, 5.74) is 3.20. The largest absolute Gasteiger partial charge is 0.493 e. The van der Waals surface area contributed by atoms with E-state index in [9.17, 15) is 4.39 Å². The highest BCUT2D eigenvalue weighted by Crippen LogP contribution is 2.44. The van der Waals surface area contributed by atoms with Gasteiger partial charge in [0.15, 0.2) is 11.5 Å². The Hall–Kier alpha value is -3.69. The summed E-state index contributed by atoms with van der Waals surface area (Å²) in [6.07, 6.45) is 3.58. The Kier molecular flexibility index (Phi) is 6.63. The smallest absolute Gasteiger partial charge is 0.202 e. The maximum absolute atomic E-state index is 14.5. The molecule has 3 aromatic carbocycles. The van der Waals surface area contributed by atoms with Crippen LogP contribution in [0.15, 0.2) is 65.4 Å². The number of H-pyrrole nitrogens is 1. The summed E-state index contributed by atoms with van der Waals surface area (Å²) in [6.45, 7) is 2.10. The number of hydrogen-bond donors (Lipinski definition) is 2. The van der Waals surface area contributed by atoms with E-state index in [1.54, 1.807) is 19.2 Å². The van der Waals surface area contributed by atoms with Gasteiger partial charge in [-0.2, -0.15) is 0 Å². The molecule has 1 fully saturated rings. The molecule has 1 aliphatic rings. The van der Waals surface area contributed by atoms with Crippen molar-refractivity contribution in [2.45, 2.75) is 18.8 Å². The number of benzene rings is 3. The van der Waals surface area contributed by atoms with E-state index in [0.29, 0.717) is 44.3 Å². The summed E-state index contributed by atoms with van der Waals surface area (Å²) in [7, 11) is 3.77. The average molecular weight is 576 g/mol. The average Bonchev–Trinajstić information content (AvgIpc) is 3.28. The molecule has 38 heavy (non-hydrogen) atoms. The third-order valence-corrected chi connectivity index (χ3v) is 7.65. The molecule has 1 saturated heterocycles. The molecule has 0 saturated carbocycles. The van der Waals surface area contributed by atoms with Crippen molar-refractivity contribution >= 4 is 49.2 Å². The predicted molar refractivity (Wildman–Crippen MR) is 151 cm³/mol. The second-order valence-corrected chi connectivity index (χ2v) is 10.5. The van der Waals surface area contributed by atoms with Crippen molar-refractivity contribution < 1.29 is 13.9 Å². The van der Waals surface area contributed by atoms with E-state index in [0.717, 1.165) is 37.3 Å². The quantitative estimate of drug-likeness (QED) is 0.220. The summed E-state index contributed by atoms with van der Waals surface area (Å²) >= 11 is 3.29. The van der Waals surface area contributed by atoms with Gasteiger partial charge < -0.3 is 24.7 Å². The minimum atomic E-state index is -0.390. The van der Waals surface area contributed by atoms with Gasteiger partial charge in [0.05, 0.1) is 18.3 Å². The SMILES string of the molecule is COc1cc2c(Nc3ccc(Br)cc3F)ncnc2cc1Oc1[nH]c2ccccc2c1C1CCN(C)CC1. The van der Waals surface area contributed by atoms with E-state index >= 15 is 0 Å². The molecule has 7 nitrogen and oxygen atoms in total.